The normalized spacial score (nSPS) is 11.0. The zero-order chi connectivity index (χ0) is 10.6. The summed E-state index contributed by atoms with van der Waals surface area (Å²) in [5.41, 5.74) is 0.271. The van der Waals surface area contributed by atoms with E-state index < -0.39 is 17.5 Å². The van der Waals surface area contributed by atoms with Crippen LogP contribution in [0.25, 0.3) is 0 Å². The summed E-state index contributed by atoms with van der Waals surface area (Å²) in [6, 6.07) is 2.85. The highest BCUT2D eigenvalue weighted by Crippen LogP contribution is 2.01. The van der Waals surface area contributed by atoms with Crippen LogP contribution in [0.2, 0.25) is 0 Å². The van der Waals surface area contributed by atoms with Gasteiger partial charge in [0.1, 0.15) is 0 Å². The number of carbonyl (C=O) groups is 2. The molecule has 14 heavy (non-hydrogen) atoms. The van der Waals surface area contributed by atoms with Crippen molar-refractivity contribution in [2.75, 3.05) is 0 Å². The molecule has 0 fully saturated rings. The van der Waals surface area contributed by atoms with Crippen LogP contribution < -0.4 is 0 Å². The fourth-order valence-corrected chi connectivity index (χ4v) is 0.785. The van der Waals surface area contributed by atoms with Crippen molar-refractivity contribution in [1.82, 2.24) is 4.98 Å². The molecular weight excluding hydrogens is 186 g/mol. The van der Waals surface area contributed by atoms with Crippen LogP contribution in [0.5, 0.6) is 0 Å². The van der Waals surface area contributed by atoms with Gasteiger partial charge in [-0.3, -0.25) is 9.78 Å². The standard InChI is InChI=1S/C9H7NO4/c11-7(5-8(12)9(13)14)6-1-3-10-4-2-6/h1-5,12H,(H,13,14)/b8-5+. The SMILES string of the molecule is O=C(O)/C(O)=C\C(=O)c1ccncc1. The van der Waals surface area contributed by atoms with E-state index in [1.54, 1.807) is 0 Å². The molecule has 5 nitrogen and oxygen atoms in total. The number of aliphatic hydroxyl groups excluding tert-OH is 1. The molecule has 1 rings (SSSR count). The molecule has 2 N–H and O–H groups in total. The number of allylic oxidation sites excluding steroid dienone is 1. The molecule has 1 aromatic heterocycles. The van der Waals surface area contributed by atoms with Gasteiger partial charge in [-0.25, -0.2) is 4.79 Å². The summed E-state index contributed by atoms with van der Waals surface area (Å²) in [6.07, 6.45) is 3.45. The Morgan fingerprint density at radius 3 is 2.29 bits per heavy atom. The summed E-state index contributed by atoms with van der Waals surface area (Å²) in [7, 11) is 0. The second kappa shape index (κ2) is 4.18. The second-order valence-electron chi connectivity index (χ2n) is 2.43. The molecule has 0 aliphatic rings. The Morgan fingerprint density at radius 2 is 1.79 bits per heavy atom. The van der Waals surface area contributed by atoms with Gasteiger partial charge in [-0.2, -0.15) is 0 Å². The monoisotopic (exact) mass is 193 g/mol. The predicted octanol–water partition coefficient (Wildman–Crippen LogP) is 0.791. The highest BCUT2D eigenvalue weighted by Gasteiger charge is 2.08. The number of carboxylic acids is 1. The topological polar surface area (TPSA) is 87.5 Å². The number of nitrogens with zero attached hydrogens (tertiary/aromatic N) is 1. The second-order valence-corrected chi connectivity index (χ2v) is 2.43. The number of carboxylic acid groups (broad SMARTS) is 1. The van der Waals surface area contributed by atoms with E-state index in [2.05, 4.69) is 4.98 Å². The number of aromatic nitrogens is 1. The minimum atomic E-state index is -1.53. The number of pyridine rings is 1. The highest BCUT2D eigenvalue weighted by molar-refractivity contribution is 6.07. The van der Waals surface area contributed by atoms with Crippen molar-refractivity contribution in [1.29, 1.82) is 0 Å². The van der Waals surface area contributed by atoms with E-state index in [1.807, 2.05) is 0 Å². The summed E-state index contributed by atoms with van der Waals surface area (Å²) in [5, 5.41) is 17.1. The van der Waals surface area contributed by atoms with Gasteiger partial charge in [-0.15, -0.1) is 0 Å². The molecule has 0 aliphatic carbocycles. The minimum absolute atomic E-state index is 0.271. The zero-order valence-corrected chi connectivity index (χ0v) is 7.04. The average Bonchev–Trinajstić information content (AvgIpc) is 2.19. The molecule has 0 bridgehead atoms. The Hall–Kier alpha value is -2.17. The Balaban J connectivity index is 2.88. The lowest BCUT2D eigenvalue weighted by molar-refractivity contribution is -0.135. The molecule has 5 heteroatoms. The predicted molar refractivity (Wildman–Crippen MR) is 46.9 cm³/mol. The van der Waals surface area contributed by atoms with Crippen LogP contribution in [0.1, 0.15) is 10.4 Å². The van der Waals surface area contributed by atoms with Gasteiger partial charge >= 0.3 is 5.97 Å². The fraction of sp³-hybridized carbons (Fsp3) is 0. The molecule has 0 unspecified atom stereocenters. The molecule has 1 aromatic rings. The molecule has 0 amide bonds. The quantitative estimate of drug-likeness (QED) is 0.421. The van der Waals surface area contributed by atoms with Gasteiger partial charge in [-0.05, 0) is 12.1 Å². The molecule has 0 saturated heterocycles. The number of hydrogen-bond acceptors (Lipinski definition) is 4. The fourth-order valence-electron chi connectivity index (χ4n) is 0.785. The maximum atomic E-state index is 11.2. The van der Waals surface area contributed by atoms with Crippen molar-refractivity contribution in [3.63, 3.8) is 0 Å². The van der Waals surface area contributed by atoms with Gasteiger partial charge in [0, 0.05) is 24.0 Å². The van der Waals surface area contributed by atoms with E-state index >= 15 is 0 Å². The summed E-state index contributed by atoms with van der Waals surface area (Å²) >= 11 is 0. The van der Waals surface area contributed by atoms with Crippen LogP contribution >= 0.6 is 0 Å². The maximum absolute atomic E-state index is 11.2. The molecule has 0 saturated carbocycles. The van der Waals surface area contributed by atoms with Crippen LogP contribution in [0.15, 0.2) is 36.4 Å². The summed E-state index contributed by atoms with van der Waals surface area (Å²) in [6.45, 7) is 0. The molecule has 0 aliphatic heterocycles. The summed E-state index contributed by atoms with van der Waals surface area (Å²) in [5.74, 6) is -3.09. The van der Waals surface area contributed by atoms with Crippen molar-refractivity contribution in [2.45, 2.75) is 0 Å². The van der Waals surface area contributed by atoms with Crippen LogP contribution in [-0.2, 0) is 4.79 Å². The van der Waals surface area contributed by atoms with Gasteiger partial charge in [0.05, 0.1) is 0 Å². The lowest BCUT2D eigenvalue weighted by Crippen LogP contribution is -2.03. The maximum Gasteiger partial charge on any atom is 0.371 e. The third-order valence-electron chi connectivity index (χ3n) is 1.45. The van der Waals surface area contributed by atoms with Crippen molar-refractivity contribution in [3.8, 4) is 0 Å². The molecule has 1 heterocycles. The molecule has 72 valence electrons. The minimum Gasteiger partial charge on any atom is -0.502 e. The van der Waals surface area contributed by atoms with E-state index in [4.69, 9.17) is 10.2 Å². The first-order chi connectivity index (χ1) is 6.61. The third-order valence-corrected chi connectivity index (χ3v) is 1.45. The summed E-state index contributed by atoms with van der Waals surface area (Å²) < 4.78 is 0. The van der Waals surface area contributed by atoms with E-state index in [1.165, 1.54) is 24.5 Å². The van der Waals surface area contributed by atoms with Crippen molar-refractivity contribution < 1.29 is 19.8 Å². The van der Waals surface area contributed by atoms with Crippen molar-refractivity contribution in [3.05, 3.63) is 41.9 Å². The first kappa shape index (κ1) is 9.91. The third kappa shape index (κ3) is 2.41. The lowest BCUT2D eigenvalue weighted by atomic mass is 10.1. The van der Waals surface area contributed by atoms with Gasteiger partial charge in [0.15, 0.2) is 5.78 Å². The van der Waals surface area contributed by atoms with Crippen LogP contribution in [0.3, 0.4) is 0 Å². The first-order valence-corrected chi connectivity index (χ1v) is 3.69. The van der Waals surface area contributed by atoms with E-state index in [0.29, 0.717) is 6.08 Å². The van der Waals surface area contributed by atoms with Gasteiger partial charge in [-0.1, -0.05) is 0 Å². The largest absolute Gasteiger partial charge is 0.502 e. The molecule has 0 aromatic carbocycles. The number of carbonyl (C=O) groups excluding carboxylic acids is 1. The van der Waals surface area contributed by atoms with E-state index in [-0.39, 0.29) is 5.56 Å². The molecule has 0 atom stereocenters. The number of aliphatic carboxylic acids is 1. The van der Waals surface area contributed by atoms with Crippen LogP contribution in [-0.4, -0.2) is 26.9 Å². The smallest absolute Gasteiger partial charge is 0.371 e. The van der Waals surface area contributed by atoms with E-state index in [0.717, 1.165) is 0 Å². The Bertz CT molecular complexity index is 383. The number of rotatable bonds is 3. The number of ketones is 1. The van der Waals surface area contributed by atoms with Gasteiger partial charge < -0.3 is 10.2 Å². The van der Waals surface area contributed by atoms with Gasteiger partial charge in [0.2, 0.25) is 5.76 Å². The Labute approximate surface area is 79.3 Å². The molecule has 0 spiro atoms. The van der Waals surface area contributed by atoms with Gasteiger partial charge in [0.25, 0.3) is 0 Å². The average molecular weight is 193 g/mol. The molecule has 0 radical (unpaired) electrons. The Morgan fingerprint density at radius 1 is 1.21 bits per heavy atom. The molecular formula is C9H7NO4. The van der Waals surface area contributed by atoms with Crippen molar-refractivity contribution in [2.24, 2.45) is 0 Å². The summed E-state index contributed by atoms with van der Waals surface area (Å²) in [4.78, 5) is 25.1. The highest BCUT2D eigenvalue weighted by atomic mass is 16.4. The number of aliphatic hydroxyl groups is 1. The lowest BCUT2D eigenvalue weighted by Gasteiger charge is -1.94. The van der Waals surface area contributed by atoms with E-state index in [9.17, 15) is 9.59 Å². The number of hydrogen-bond donors (Lipinski definition) is 2. The Kier molecular flexibility index (Phi) is 2.96. The van der Waals surface area contributed by atoms with Crippen LogP contribution in [0.4, 0.5) is 0 Å². The zero-order valence-electron chi connectivity index (χ0n) is 7.04. The van der Waals surface area contributed by atoms with Crippen LogP contribution in [0, 0.1) is 0 Å². The van der Waals surface area contributed by atoms with Crippen molar-refractivity contribution >= 4 is 11.8 Å². The first-order valence-electron chi connectivity index (χ1n) is 3.69.